The van der Waals surface area contributed by atoms with Crippen LogP contribution in [0, 0.1) is 5.92 Å². The van der Waals surface area contributed by atoms with Gasteiger partial charge in [0.05, 0.1) is 0 Å². The van der Waals surface area contributed by atoms with Crippen LogP contribution in [0.25, 0.3) is 0 Å². The van der Waals surface area contributed by atoms with E-state index in [-0.39, 0.29) is 0 Å². The summed E-state index contributed by atoms with van der Waals surface area (Å²) in [6.45, 7) is 7.96. The number of aromatic nitrogens is 1. The van der Waals surface area contributed by atoms with E-state index < -0.39 is 0 Å². The molecular formula is C17H30N2. The Bertz CT molecular complexity index is 304. The molecule has 1 atom stereocenters. The Labute approximate surface area is 119 Å². The normalized spacial score (nSPS) is 12.8. The molecule has 1 unspecified atom stereocenters. The number of nitrogens with zero attached hydrogens (tertiary/aromatic N) is 1. The molecule has 1 N–H and O–H groups in total. The molecule has 1 rings (SSSR count). The van der Waals surface area contributed by atoms with E-state index in [1.165, 1.54) is 37.7 Å². The lowest BCUT2D eigenvalue weighted by Crippen LogP contribution is -2.38. The molecule has 1 heterocycles. The Morgan fingerprint density at radius 3 is 2.16 bits per heavy atom. The number of hydrogen-bond donors (Lipinski definition) is 1. The summed E-state index contributed by atoms with van der Waals surface area (Å²) in [5, 5.41) is 3.77. The van der Waals surface area contributed by atoms with Crippen LogP contribution in [0.2, 0.25) is 0 Å². The minimum Gasteiger partial charge on any atom is -0.313 e. The van der Waals surface area contributed by atoms with Crippen molar-refractivity contribution in [2.75, 3.05) is 6.54 Å². The summed E-state index contributed by atoms with van der Waals surface area (Å²) in [6.07, 6.45) is 11.4. The van der Waals surface area contributed by atoms with Crippen LogP contribution in [0.15, 0.2) is 24.5 Å². The van der Waals surface area contributed by atoms with E-state index in [9.17, 15) is 0 Å². The average Bonchev–Trinajstić information content (AvgIpc) is 2.44. The first-order valence-electron chi connectivity index (χ1n) is 7.94. The van der Waals surface area contributed by atoms with Crippen molar-refractivity contribution in [3.63, 3.8) is 0 Å². The highest BCUT2D eigenvalue weighted by atomic mass is 14.9. The standard InChI is InChI=1S/C17H30N2/c1-4-7-16(8-5-2)17(19-11-6-3)14-15-9-12-18-13-10-15/h9-10,12-13,16-17,19H,4-8,11,14H2,1-3H3. The molecule has 2 nitrogen and oxygen atoms in total. The van der Waals surface area contributed by atoms with Crippen LogP contribution in [0.3, 0.4) is 0 Å². The quantitative estimate of drug-likeness (QED) is 0.683. The molecule has 1 aromatic heterocycles. The molecule has 19 heavy (non-hydrogen) atoms. The van der Waals surface area contributed by atoms with Gasteiger partial charge in [0.25, 0.3) is 0 Å². The Balaban J connectivity index is 2.67. The lowest BCUT2D eigenvalue weighted by atomic mass is 9.86. The van der Waals surface area contributed by atoms with Crippen molar-refractivity contribution < 1.29 is 0 Å². The maximum absolute atomic E-state index is 4.11. The van der Waals surface area contributed by atoms with E-state index in [1.807, 2.05) is 12.4 Å². The van der Waals surface area contributed by atoms with E-state index in [4.69, 9.17) is 0 Å². The fraction of sp³-hybridized carbons (Fsp3) is 0.706. The minimum atomic E-state index is 0.613. The lowest BCUT2D eigenvalue weighted by Gasteiger charge is -2.28. The maximum atomic E-state index is 4.11. The third kappa shape index (κ3) is 6.20. The van der Waals surface area contributed by atoms with Crippen molar-refractivity contribution in [1.82, 2.24) is 10.3 Å². The van der Waals surface area contributed by atoms with Crippen LogP contribution >= 0.6 is 0 Å². The van der Waals surface area contributed by atoms with E-state index in [0.717, 1.165) is 18.9 Å². The Morgan fingerprint density at radius 1 is 1.00 bits per heavy atom. The number of pyridine rings is 1. The summed E-state index contributed by atoms with van der Waals surface area (Å²) in [7, 11) is 0. The summed E-state index contributed by atoms with van der Waals surface area (Å²) in [5.74, 6) is 0.801. The van der Waals surface area contributed by atoms with Crippen molar-refractivity contribution in [3.05, 3.63) is 30.1 Å². The van der Waals surface area contributed by atoms with Gasteiger partial charge >= 0.3 is 0 Å². The number of rotatable bonds is 10. The molecule has 0 amide bonds. The van der Waals surface area contributed by atoms with Crippen LogP contribution in [-0.2, 0) is 6.42 Å². The SMILES string of the molecule is CCCNC(Cc1ccncc1)C(CCC)CCC. The fourth-order valence-electron chi connectivity index (χ4n) is 2.80. The smallest absolute Gasteiger partial charge is 0.0270 e. The van der Waals surface area contributed by atoms with Crippen LogP contribution in [0.5, 0.6) is 0 Å². The summed E-state index contributed by atoms with van der Waals surface area (Å²) in [6, 6.07) is 4.91. The number of nitrogens with one attached hydrogen (secondary N) is 1. The highest BCUT2D eigenvalue weighted by Gasteiger charge is 2.19. The zero-order chi connectivity index (χ0) is 13.9. The second-order valence-corrected chi connectivity index (χ2v) is 5.46. The zero-order valence-corrected chi connectivity index (χ0v) is 12.9. The molecule has 0 radical (unpaired) electrons. The van der Waals surface area contributed by atoms with Crippen molar-refractivity contribution in [3.8, 4) is 0 Å². The largest absolute Gasteiger partial charge is 0.313 e. The highest BCUT2D eigenvalue weighted by Crippen LogP contribution is 2.21. The molecule has 0 aliphatic rings. The van der Waals surface area contributed by atoms with Gasteiger partial charge in [-0.3, -0.25) is 4.98 Å². The van der Waals surface area contributed by atoms with E-state index >= 15 is 0 Å². The van der Waals surface area contributed by atoms with Crippen molar-refractivity contribution in [1.29, 1.82) is 0 Å². The van der Waals surface area contributed by atoms with Gasteiger partial charge in [-0.25, -0.2) is 0 Å². The van der Waals surface area contributed by atoms with Gasteiger partial charge in [0, 0.05) is 18.4 Å². The maximum Gasteiger partial charge on any atom is 0.0270 e. The van der Waals surface area contributed by atoms with Crippen molar-refractivity contribution >= 4 is 0 Å². The van der Waals surface area contributed by atoms with Gasteiger partial charge in [-0.15, -0.1) is 0 Å². The third-order valence-corrected chi connectivity index (χ3v) is 3.75. The predicted octanol–water partition coefficient (Wildman–Crippen LogP) is 4.21. The number of hydrogen-bond acceptors (Lipinski definition) is 2. The molecule has 0 spiro atoms. The molecule has 2 heteroatoms. The molecule has 0 saturated carbocycles. The molecule has 0 aliphatic heterocycles. The lowest BCUT2D eigenvalue weighted by molar-refractivity contribution is 0.308. The highest BCUT2D eigenvalue weighted by molar-refractivity contribution is 5.11. The minimum absolute atomic E-state index is 0.613. The Kier molecular flexibility index (Phi) is 8.48. The van der Waals surface area contributed by atoms with Gasteiger partial charge in [0.2, 0.25) is 0 Å². The molecule has 0 aromatic carbocycles. The van der Waals surface area contributed by atoms with E-state index in [1.54, 1.807) is 0 Å². The third-order valence-electron chi connectivity index (χ3n) is 3.75. The van der Waals surface area contributed by atoms with Gasteiger partial charge in [-0.2, -0.15) is 0 Å². The van der Waals surface area contributed by atoms with E-state index in [2.05, 4.69) is 43.2 Å². The molecule has 0 aliphatic carbocycles. The fourth-order valence-corrected chi connectivity index (χ4v) is 2.80. The van der Waals surface area contributed by atoms with E-state index in [0.29, 0.717) is 6.04 Å². The van der Waals surface area contributed by atoms with Crippen molar-refractivity contribution in [2.45, 2.75) is 65.3 Å². The summed E-state index contributed by atoms with van der Waals surface area (Å²) in [4.78, 5) is 4.11. The van der Waals surface area contributed by atoms with Crippen LogP contribution < -0.4 is 5.32 Å². The molecule has 1 aromatic rings. The summed E-state index contributed by atoms with van der Waals surface area (Å²) >= 11 is 0. The van der Waals surface area contributed by atoms with Crippen LogP contribution in [-0.4, -0.2) is 17.6 Å². The topological polar surface area (TPSA) is 24.9 Å². The van der Waals surface area contributed by atoms with Crippen LogP contribution in [0.4, 0.5) is 0 Å². The zero-order valence-electron chi connectivity index (χ0n) is 12.9. The average molecular weight is 262 g/mol. The van der Waals surface area contributed by atoms with Crippen molar-refractivity contribution in [2.24, 2.45) is 5.92 Å². The first kappa shape index (κ1) is 16.2. The van der Waals surface area contributed by atoms with Gasteiger partial charge in [-0.1, -0.05) is 33.6 Å². The predicted molar refractivity (Wildman–Crippen MR) is 83.3 cm³/mol. The molecule has 0 saturated heterocycles. The Hall–Kier alpha value is -0.890. The second kappa shape index (κ2) is 9.96. The first-order chi connectivity index (χ1) is 9.31. The van der Waals surface area contributed by atoms with Gasteiger partial charge in [-0.05, 0) is 55.8 Å². The summed E-state index contributed by atoms with van der Waals surface area (Å²) in [5.41, 5.74) is 1.40. The summed E-state index contributed by atoms with van der Waals surface area (Å²) < 4.78 is 0. The monoisotopic (exact) mass is 262 g/mol. The first-order valence-corrected chi connectivity index (χ1v) is 7.94. The molecule has 0 fully saturated rings. The second-order valence-electron chi connectivity index (χ2n) is 5.46. The van der Waals surface area contributed by atoms with Gasteiger partial charge < -0.3 is 5.32 Å². The molecule has 0 bridgehead atoms. The molecular weight excluding hydrogens is 232 g/mol. The molecule has 108 valence electrons. The van der Waals surface area contributed by atoms with Crippen LogP contribution in [0.1, 0.15) is 58.4 Å². The van der Waals surface area contributed by atoms with Gasteiger partial charge in [0.15, 0.2) is 0 Å². The Morgan fingerprint density at radius 2 is 1.63 bits per heavy atom. The van der Waals surface area contributed by atoms with Gasteiger partial charge in [0.1, 0.15) is 0 Å².